The molecule has 1 N–H and O–H groups in total. The molecule has 1 aliphatic heterocycles. The highest BCUT2D eigenvalue weighted by Crippen LogP contribution is 2.22. The number of benzene rings is 2. The number of nitrogens with zero attached hydrogens (tertiary/aromatic N) is 1. The van der Waals surface area contributed by atoms with Crippen LogP contribution >= 0.6 is 0 Å². The molecule has 29 heavy (non-hydrogen) atoms. The molecule has 3 rings (SSSR count). The van der Waals surface area contributed by atoms with Gasteiger partial charge in [-0.2, -0.15) is 0 Å². The standard InChI is InChI=1S/C21H20N2O6/c1-13(19(25)22-14-7-9-15(28-2)10-8-14)29-18(24)11-12-23-20(26)16-5-3-4-6-17(16)21(23)27/h3-10,13H,11-12H2,1-2H3,(H,22,25)/t13-/m0/s1. The number of fused-ring (bicyclic) bond motifs is 1. The number of rotatable bonds is 7. The van der Waals surface area contributed by atoms with Gasteiger partial charge in [-0.3, -0.25) is 24.1 Å². The molecule has 2 aromatic carbocycles. The molecule has 8 heteroatoms. The Morgan fingerprint density at radius 3 is 2.14 bits per heavy atom. The number of carbonyl (C=O) groups excluding carboxylic acids is 4. The van der Waals surface area contributed by atoms with Crippen molar-refractivity contribution in [2.24, 2.45) is 0 Å². The number of hydrogen-bond donors (Lipinski definition) is 1. The minimum atomic E-state index is -1.04. The van der Waals surface area contributed by atoms with Gasteiger partial charge < -0.3 is 14.8 Å². The molecule has 1 aliphatic rings. The van der Waals surface area contributed by atoms with Crippen LogP contribution in [0.3, 0.4) is 0 Å². The number of hydrogen-bond acceptors (Lipinski definition) is 6. The lowest BCUT2D eigenvalue weighted by molar-refractivity contribution is -0.153. The lowest BCUT2D eigenvalue weighted by Gasteiger charge is -2.16. The second kappa shape index (κ2) is 8.55. The normalized spacial score (nSPS) is 13.7. The molecule has 8 nitrogen and oxygen atoms in total. The summed E-state index contributed by atoms with van der Waals surface area (Å²) in [4.78, 5) is 49.8. The van der Waals surface area contributed by atoms with Crippen LogP contribution < -0.4 is 10.1 Å². The average molecular weight is 396 g/mol. The van der Waals surface area contributed by atoms with Gasteiger partial charge in [-0.15, -0.1) is 0 Å². The Kier molecular flexibility index (Phi) is 5.92. The zero-order valence-corrected chi connectivity index (χ0v) is 16.0. The van der Waals surface area contributed by atoms with Crippen LogP contribution in [0.15, 0.2) is 48.5 Å². The zero-order valence-electron chi connectivity index (χ0n) is 16.0. The van der Waals surface area contributed by atoms with E-state index in [9.17, 15) is 19.2 Å². The molecule has 0 aliphatic carbocycles. The molecule has 0 aromatic heterocycles. The van der Waals surface area contributed by atoms with E-state index in [0.29, 0.717) is 22.6 Å². The van der Waals surface area contributed by atoms with E-state index in [1.807, 2.05) is 0 Å². The molecule has 0 bridgehead atoms. The lowest BCUT2D eigenvalue weighted by Crippen LogP contribution is -2.34. The van der Waals surface area contributed by atoms with Gasteiger partial charge in [0.15, 0.2) is 6.10 Å². The highest BCUT2D eigenvalue weighted by molar-refractivity contribution is 6.21. The molecule has 0 saturated heterocycles. The Morgan fingerprint density at radius 1 is 1.00 bits per heavy atom. The molecule has 1 atom stereocenters. The summed E-state index contributed by atoms with van der Waals surface area (Å²) in [6, 6.07) is 13.2. The predicted octanol–water partition coefficient (Wildman–Crippen LogP) is 2.25. The van der Waals surface area contributed by atoms with Crippen LogP contribution in [0, 0.1) is 0 Å². The van der Waals surface area contributed by atoms with Crippen LogP contribution in [-0.4, -0.2) is 48.3 Å². The summed E-state index contributed by atoms with van der Waals surface area (Å²) < 4.78 is 10.2. The van der Waals surface area contributed by atoms with E-state index in [2.05, 4.69) is 5.32 Å². The van der Waals surface area contributed by atoms with Crippen LogP contribution in [-0.2, 0) is 14.3 Å². The molecule has 0 radical (unpaired) electrons. The first-order valence-corrected chi connectivity index (χ1v) is 9.00. The monoisotopic (exact) mass is 396 g/mol. The topological polar surface area (TPSA) is 102 Å². The summed E-state index contributed by atoms with van der Waals surface area (Å²) in [5.41, 5.74) is 1.17. The first kappa shape index (κ1) is 20.1. The van der Waals surface area contributed by atoms with Crippen molar-refractivity contribution in [3.8, 4) is 5.75 Å². The van der Waals surface area contributed by atoms with E-state index in [4.69, 9.17) is 9.47 Å². The molecule has 0 spiro atoms. The number of carbonyl (C=O) groups is 4. The van der Waals surface area contributed by atoms with E-state index in [0.717, 1.165) is 4.90 Å². The number of esters is 1. The first-order valence-electron chi connectivity index (χ1n) is 9.00. The minimum Gasteiger partial charge on any atom is -0.497 e. The summed E-state index contributed by atoms with van der Waals surface area (Å²) in [6.07, 6.45) is -1.24. The predicted molar refractivity (Wildman–Crippen MR) is 104 cm³/mol. The van der Waals surface area contributed by atoms with Crippen LogP contribution in [0.5, 0.6) is 5.75 Å². The summed E-state index contributed by atoms with van der Waals surface area (Å²) in [7, 11) is 1.54. The molecule has 3 amide bonds. The summed E-state index contributed by atoms with van der Waals surface area (Å²) in [6.45, 7) is 1.33. The van der Waals surface area contributed by atoms with E-state index in [1.54, 1.807) is 48.5 Å². The van der Waals surface area contributed by atoms with E-state index in [-0.39, 0.29) is 13.0 Å². The maximum Gasteiger partial charge on any atom is 0.308 e. The third-order valence-corrected chi connectivity index (χ3v) is 4.45. The highest BCUT2D eigenvalue weighted by Gasteiger charge is 2.35. The molecule has 0 saturated carbocycles. The summed E-state index contributed by atoms with van der Waals surface area (Å²) in [5.74, 6) is -1.41. The zero-order chi connectivity index (χ0) is 21.0. The fourth-order valence-corrected chi connectivity index (χ4v) is 2.87. The smallest absolute Gasteiger partial charge is 0.308 e. The maximum absolute atomic E-state index is 12.3. The van der Waals surface area contributed by atoms with Gasteiger partial charge >= 0.3 is 5.97 Å². The summed E-state index contributed by atoms with van der Waals surface area (Å²) in [5, 5.41) is 2.63. The second-order valence-electron chi connectivity index (χ2n) is 6.41. The van der Waals surface area contributed by atoms with Gasteiger partial charge in [0, 0.05) is 12.2 Å². The quantitative estimate of drug-likeness (QED) is 0.569. The number of imide groups is 1. The number of methoxy groups -OCH3 is 1. The van der Waals surface area contributed by atoms with E-state index < -0.39 is 29.8 Å². The number of amides is 3. The van der Waals surface area contributed by atoms with Crippen molar-refractivity contribution in [2.45, 2.75) is 19.4 Å². The van der Waals surface area contributed by atoms with Crippen molar-refractivity contribution < 1.29 is 28.7 Å². The highest BCUT2D eigenvalue weighted by atomic mass is 16.5. The molecular formula is C21H20N2O6. The Labute approximate surface area is 167 Å². The van der Waals surface area contributed by atoms with Gasteiger partial charge in [-0.25, -0.2) is 0 Å². The fourth-order valence-electron chi connectivity index (χ4n) is 2.87. The Morgan fingerprint density at radius 2 is 1.59 bits per heavy atom. The van der Waals surface area contributed by atoms with Crippen LogP contribution in [0.1, 0.15) is 34.1 Å². The van der Waals surface area contributed by atoms with Crippen molar-refractivity contribution in [1.82, 2.24) is 4.90 Å². The summed E-state index contributed by atoms with van der Waals surface area (Å²) >= 11 is 0. The van der Waals surface area contributed by atoms with Crippen molar-refractivity contribution >= 4 is 29.4 Å². The van der Waals surface area contributed by atoms with Gasteiger partial charge in [0.2, 0.25) is 0 Å². The average Bonchev–Trinajstić information content (AvgIpc) is 2.97. The Bertz CT molecular complexity index is 919. The lowest BCUT2D eigenvalue weighted by atomic mass is 10.1. The first-order chi connectivity index (χ1) is 13.9. The number of ether oxygens (including phenoxy) is 2. The van der Waals surface area contributed by atoms with Crippen LogP contribution in [0.2, 0.25) is 0 Å². The van der Waals surface area contributed by atoms with Crippen LogP contribution in [0.4, 0.5) is 5.69 Å². The Balaban J connectivity index is 1.49. The molecule has 1 heterocycles. The Hall–Kier alpha value is -3.68. The molecular weight excluding hydrogens is 376 g/mol. The molecule has 2 aromatic rings. The van der Waals surface area contributed by atoms with Gasteiger partial charge in [0.05, 0.1) is 24.7 Å². The SMILES string of the molecule is COc1ccc(NC(=O)[C@H](C)OC(=O)CCN2C(=O)c3ccccc3C2=O)cc1. The minimum absolute atomic E-state index is 0.113. The van der Waals surface area contributed by atoms with Crippen molar-refractivity contribution in [1.29, 1.82) is 0 Å². The molecule has 0 fully saturated rings. The fraction of sp³-hybridized carbons (Fsp3) is 0.238. The maximum atomic E-state index is 12.3. The number of nitrogens with one attached hydrogen (secondary N) is 1. The van der Waals surface area contributed by atoms with Gasteiger partial charge in [0.1, 0.15) is 5.75 Å². The molecule has 0 unspecified atom stereocenters. The van der Waals surface area contributed by atoms with Crippen LogP contribution in [0.25, 0.3) is 0 Å². The van der Waals surface area contributed by atoms with E-state index in [1.165, 1.54) is 14.0 Å². The molecule has 150 valence electrons. The third kappa shape index (κ3) is 4.43. The van der Waals surface area contributed by atoms with Crippen molar-refractivity contribution in [3.63, 3.8) is 0 Å². The van der Waals surface area contributed by atoms with Gasteiger partial charge in [-0.1, -0.05) is 12.1 Å². The number of anilines is 1. The largest absolute Gasteiger partial charge is 0.497 e. The van der Waals surface area contributed by atoms with Crippen molar-refractivity contribution in [3.05, 3.63) is 59.7 Å². The van der Waals surface area contributed by atoms with Gasteiger partial charge in [0.25, 0.3) is 17.7 Å². The van der Waals surface area contributed by atoms with Gasteiger partial charge in [-0.05, 0) is 43.3 Å². The second-order valence-corrected chi connectivity index (χ2v) is 6.41. The van der Waals surface area contributed by atoms with Crippen molar-refractivity contribution in [2.75, 3.05) is 19.0 Å². The third-order valence-electron chi connectivity index (χ3n) is 4.45. The van der Waals surface area contributed by atoms with E-state index >= 15 is 0 Å².